The average molecular weight is 299 g/mol. The third-order valence-electron chi connectivity index (χ3n) is 4.96. The normalized spacial score (nSPS) is 25.9. The van der Waals surface area contributed by atoms with Crippen LogP contribution in [0.15, 0.2) is 0 Å². The number of hydrogen-bond donors (Lipinski definition) is 0. The maximum absolute atomic E-state index is 4.98. The van der Waals surface area contributed by atoms with E-state index in [4.69, 9.17) is 9.97 Å². The van der Waals surface area contributed by atoms with E-state index in [1.807, 2.05) is 11.7 Å². The third-order valence-corrected chi connectivity index (χ3v) is 4.96. The highest BCUT2D eigenvalue weighted by atomic mass is 15.3. The van der Waals surface area contributed by atoms with E-state index in [0.29, 0.717) is 17.8 Å². The summed E-state index contributed by atoms with van der Waals surface area (Å²) in [4.78, 5) is 12.3. The predicted octanol–water partition coefficient (Wildman–Crippen LogP) is 3.03. The van der Waals surface area contributed by atoms with E-state index >= 15 is 0 Å². The van der Waals surface area contributed by atoms with Crippen molar-refractivity contribution in [3.63, 3.8) is 0 Å². The van der Waals surface area contributed by atoms with Crippen molar-refractivity contribution in [3.05, 3.63) is 11.5 Å². The zero-order chi connectivity index (χ0) is 15.4. The Bertz CT molecular complexity index is 705. The van der Waals surface area contributed by atoms with E-state index in [2.05, 4.69) is 30.8 Å². The van der Waals surface area contributed by atoms with Crippen LogP contribution >= 0.6 is 0 Å². The smallest absolute Gasteiger partial charge is 0.158 e. The van der Waals surface area contributed by atoms with E-state index in [-0.39, 0.29) is 0 Å². The quantitative estimate of drug-likeness (QED) is 0.855. The van der Waals surface area contributed by atoms with Gasteiger partial charge in [-0.25, -0.2) is 9.97 Å². The first-order valence-corrected chi connectivity index (χ1v) is 8.49. The lowest BCUT2D eigenvalue weighted by atomic mass is 9.92. The van der Waals surface area contributed by atoms with Crippen LogP contribution in [0, 0.1) is 18.8 Å². The van der Waals surface area contributed by atoms with Gasteiger partial charge in [0.1, 0.15) is 16.9 Å². The van der Waals surface area contributed by atoms with Crippen molar-refractivity contribution < 1.29 is 0 Å². The summed E-state index contributed by atoms with van der Waals surface area (Å²) in [5.74, 6) is 4.14. The number of anilines is 1. The molecule has 1 saturated carbocycles. The van der Waals surface area contributed by atoms with Crippen molar-refractivity contribution in [2.24, 2.45) is 18.9 Å². The Morgan fingerprint density at radius 1 is 1.05 bits per heavy atom. The lowest BCUT2D eigenvalue weighted by molar-refractivity contribution is 0.355. The second kappa shape index (κ2) is 4.93. The van der Waals surface area contributed by atoms with Crippen LogP contribution in [0.4, 0.5) is 5.82 Å². The second-order valence-electron chi connectivity index (χ2n) is 7.44. The number of fused-ring (bicyclic) bond motifs is 1. The van der Waals surface area contributed by atoms with Gasteiger partial charge in [-0.15, -0.1) is 0 Å². The van der Waals surface area contributed by atoms with Gasteiger partial charge in [-0.3, -0.25) is 4.68 Å². The van der Waals surface area contributed by atoms with Crippen LogP contribution < -0.4 is 4.90 Å². The predicted molar refractivity (Wildman–Crippen MR) is 88.2 cm³/mol. The van der Waals surface area contributed by atoms with Gasteiger partial charge in [0.25, 0.3) is 0 Å². The van der Waals surface area contributed by atoms with Crippen LogP contribution in [-0.4, -0.2) is 32.8 Å². The van der Waals surface area contributed by atoms with Gasteiger partial charge in [0, 0.05) is 26.1 Å². The van der Waals surface area contributed by atoms with Crippen molar-refractivity contribution in [2.45, 2.75) is 46.0 Å². The molecule has 1 aliphatic heterocycles. The Hall–Kier alpha value is -1.65. The van der Waals surface area contributed by atoms with E-state index in [9.17, 15) is 0 Å². The number of aromatic nitrogens is 4. The molecule has 2 aromatic rings. The van der Waals surface area contributed by atoms with Crippen LogP contribution in [0.2, 0.25) is 0 Å². The third kappa shape index (κ3) is 2.27. The fraction of sp³-hybridized carbons (Fsp3) is 0.706. The lowest BCUT2D eigenvalue weighted by Gasteiger charge is -2.36. The van der Waals surface area contributed by atoms with Crippen molar-refractivity contribution in [2.75, 3.05) is 18.0 Å². The molecule has 22 heavy (non-hydrogen) atoms. The maximum atomic E-state index is 4.98. The van der Waals surface area contributed by atoms with Crippen molar-refractivity contribution in [1.29, 1.82) is 0 Å². The molecule has 4 rings (SSSR count). The number of piperidine rings is 1. The molecule has 5 nitrogen and oxygen atoms in total. The van der Waals surface area contributed by atoms with Crippen LogP contribution in [0.5, 0.6) is 0 Å². The summed E-state index contributed by atoms with van der Waals surface area (Å²) < 4.78 is 1.96. The molecular formula is C17H25N5. The van der Waals surface area contributed by atoms with Gasteiger partial charge in [-0.05, 0) is 38.0 Å². The summed E-state index contributed by atoms with van der Waals surface area (Å²) in [7, 11) is 2.01. The Balaban J connectivity index is 1.87. The van der Waals surface area contributed by atoms with Gasteiger partial charge in [0.2, 0.25) is 0 Å². The highest BCUT2D eigenvalue weighted by molar-refractivity contribution is 5.88. The first-order valence-electron chi connectivity index (χ1n) is 8.49. The Morgan fingerprint density at radius 2 is 1.73 bits per heavy atom. The molecular weight excluding hydrogens is 274 g/mol. The SMILES string of the molecule is Cc1nn(C)c2c(N3CC(C)CC(C)C3)nc(C3CC3)nc12. The minimum Gasteiger partial charge on any atom is -0.354 e. The number of nitrogens with zero attached hydrogens (tertiary/aromatic N) is 5. The van der Waals surface area contributed by atoms with E-state index in [1.165, 1.54) is 19.3 Å². The van der Waals surface area contributed by atoms with Gasteiger partial charge in [-0.1, -0.05) is 13.8 Å². The van der Waals surface area contributed by atoms with Gasteiger partial charge in [0.05, 0.1) is 5.69 Å². The molecule has 2 aromatic heterocycles. The van der Waals surface area contributed by atoms with Crippen LogP contribution in [0.1, 0.15) is 50.5 Å². The minimum absolute atomic E-state index is 0.572. The summed E-state index contributed by atoms with van der Waals surface area (Å²) in [5.41, 5.74) is 3.16. The van der Waals surface area contributed by atoms with E-state index in [0.717, 1.165) is 41.5 Å². The van der Waals surface area contributed by atoms with Crippen molar-refractivity contribution >= 4 is 16.9 Å². The molecule has 5 heteroatoms. The highest BCUT2D eigenvalue weighted by Gasteiger charge is 2.31. The fourth-order valence-electron chi connectivity index (χ4n) is 3.91. The molecule has 2 aliphatic rings. The monoisotopic (exact) mass is 299 g/mol. The van der Waals surface area contributed by atoms with Crippen molar-refractivity contribution in [3.8, 4) is 0 Å². The molecule has 0 radical (unpaired) electrons. The van der Waals surface area contributed by atoms with E-state index in [1.54, 1.807) is 0 Å². The summed E-state index contributed by atoms with van der Waals surface area (Å²) in [5, 5.41) is 4.59. The average Bonchev–Trinajstić information content (AvgIpc) is 3.25. The molecule has 2 fully saturated rings. The zero-order valence-corrected chi connectivity index (χ0v) is 14.0. The molecule has 0 aromatic carbocycles. The number of aryl methyl sites for hydroxylation is 2. The topological polar surface area (TPSA) is 46.8 Å². The molecule has 118 valence electrons. The molecule has 1 aliphatic carbocycles. The largest absolute Gasteiger partial charge is 0.354 e. The van der Waals surface area contributed by atoms with Crippen molar-refractivity contribution in [1.82, 2.24) is 19.7 Å². The van der Waals surface area contributed by atoms with Gasteiger partial charge >= 0.3 is 0 Å². The zero-order valence-electron chi connectivity index (χ0n) is 14.0. The van der Waals surface area contributed by atoms with Crippen LogP contribution in [-0.2, 0) is 7.05 Å². The Morgan fingerprint density at radius 3 is 2.36 bits per heavy atom. The summed E-state index contributed by atoms with van der Waals surface area (Å²) in [6.07, 6.45) is 3.78. The number of hydrogen-bond acceptors (Lipinski definition) is 4. The molecule has 1 saturated heterocycles. The lowest BCUT2D eigenvalue weighted by Crippen LogP contribution is -2.39. The molecule has 0 bridgehead atoms. The molecule has 0 amide bonds. The molecule has 2 atom stereocenters. The summed E-state index contributed by atoms with van der Waals surface area (Å²) in [6.45, 7) is 8.92. The number of rotatable bonds is 2. The second-order valence-corrected chi connectivity index (χ2v) is 7.44. The molecule has 0 N–H and O–H groups in total. The fourth-order valence-corrected chi connectivity index (χ4v) is 3.91. The molecule has 3 heterocycles. The van der Waals surface area contributed by atoms with Crippen LogP contribution in [0.3, 0.4) is 0 Å². The Labute approximate surface area is 131 Å². The first kappa shape index (κ1) is 14.0. The van der Waals surface area contributed by atoms with Gasteiger partial charge in [-0.2, -0.15) is 5.10 Å². The van der Waals surface area contributed by atoms with E-state index < -0.39 is 0 Å². The first-order chi connectivity index (χ1) is 10.5. The maximum Gasteiger partial charge on any atom is 0.158 e. The minimum atomic E-state index is 0.572. The highest BCUT2D eigenvalue weighted by Crippen LogP contribution is 2.40. The Kier molecular flexibility index (Phi) is 3.13. The standard InChI is InChI=1S/C17H25N5/c1-10-7-11(2)9-22(8-10)17-15-14(12(3)20-21(15)4)18-16(19-17)13-5-6-13/h10-11,13H,5-9H2,1-4H3. The summed E-state index contributed by atoms with van der Waals surface area (Å²) in [6, 6.07) is 0. The van der Waals surface area contributed by atoms with Gasteiger partial charge < -0.3 is 4.90 Å². The van der Waals surface area contributed by atoms with Gasteiger partial charge in [0.15, 0.2) is 5.82 Å². The summed E-state index contributed by atoms with van der Waals surface area (Å²) >= 11 is 0. The molecule has 2 unspecified atom stereocenters. The molecule has 0 spiro atoms. The van der Waals surface area contributed by atoms with Crippen LogP contribution in [0.25, 0.3) is 11.0 Å².